The van der Waals surface area contributed by atoms with Crippen LogP contribution < -0.4 is 0 Å². The van der Waals surface area contributed by atoms with Gasteiger partial charge in [0.2, 0.25) is 0 Å². The van der Waals surface area contributed by atoms with Crippen molar-refractivity contribution < 1.29 is 22.7 Å². The van der Waals surface area contributed by atoms with Crippen molar-refractivity contribution in [2.75, 3.05) is 6.61 Å². The molecule has 0 unspecified atom stereocenters. The van der Waals surface area contributed by atoms with Crippen LogP contribution in [0.3, 0.4) is 0 Å². The maximum atomic E-state index is 12.3. The summed E-state index contributed by atoms with van der Waals surface area (Å²) < 4.78 is 41.5. The minimum absolute atomic E-state index is 0.0264. The second-order valence-electron chi connectivity index (χ2n) is 6.64. The number of Topliss-reactive ketones (excluding diaryl/α,β-unsaturated/α-hetero) is 1. The van der Waals surface area contributed by atoms with Crippen molar-refractivity contribution in [3.63, 3.8) is 0 Å². The molecule has 0 amide bonds. The standard InChI is InChI=1S/C18H21F3N2O2/c1-12-14(17(24)6-3-9-25-18(19,20)21)7-8-16-15(12)11-23(22-16)10-13-4-2-5-13/h7-8,11,13H,2-6,9-10H2,1H3. The van der Waals surface area contributed by atoms with Crippen LogP contribution >= 0.6 is 0 Å². The fraction of sp³-hybridized carbons (Fsp3) is 0.556. The van der Waals surface area contributed by atoms with Gasteiger partial charge >= 0.3 is 6.36 Å². The maximum absolute atomic E-state index is 12.3. The highest BCUT2D eigenvalue weighted by Crippen LogP contribution is 2.29. The van der Waals surface area contributed by atoms with Gasteiger partial charge in [0.05, 0.1) is 12.1 Å². The summed E-state index contributed by atoms with van der Waals surface area (Å²) in [6.07, 6.45) is 1.13. The zero-order chi connectivity index (χ0) is 18.0. The number of hydrogen-bond acceptors (Lipinski definition) is 3. The van der Waals surface area contributed by atoms with E-state index in [1.807, 2.05) is 17.8 Å². The van der Waals surface area contributed by atoms with Crippen LogP contribution in [0.1, 0.15) is 48.0 Å². The molecule has 136 valence electrons. The fourth-order valence-corrected chi connectivity index (χ4v) is 3.17. The summed E-state index contributed by atoms with van der Waals surface area (Å²) in [7, 11) is 0. The number of halogens is 3. The Labute approximate surface area is 144 Å². The number of hydrogen-bond donors (Lipinski definition) is 0. The summed E-state index contributed by atoms with van der Waals surface area (Å²) in [5.41, 5.74) is 2.22. The molecule has 0 atom stereocenters. The van der Waals surface area contributed by atoms with Crippen molar-refractivity contribution >= 4 is 16.7 Å². The van der Waals surface area contributed by atoms with Crippen molar-refractivity contribution in [2.24, 2.45) is 5.92 Å². The minimum atomic E-state index is -4.65. The first-order chi connectivity index (χ1) is 11.8. The van der Waals surface area contributed by atoms with Crippen molar-refractivity contribution in [3.8, 4) is 0 Å². The van der Waals surface area contributed by atoms with E-state index < -0.39 is 13.0 Å². The summed E-state index contributed by atoms with van der Waals surface area (Å²) >= 11 is 0. The average Bonchev–Trinajstić information content (AvgIpc) is 2.90. The Morgan fingerprint density at radius 1 is 1.36 bits per heavy atom. The van der Waals surface area contributed by atoms with E-state index in [2.05, 4.69) is 9.84 Å². The van der Waals surface area contributed by atoms with Gasteiger partial charge in [-0.05, 0) is 49.8 Å². The predicted molar refractivity (Wildman–Crippen MR) is 87.4 cm³/mol. The van der Waals surface area contributed by atoms with Gasteiger partial charge in [0.15, 0.2) is 5.78 Å². The quantitative estimate of drug-likeness (QED) is 0.537. The molecule has 1 saturated carbocycles. The maximum Gasteiger partial charge on any atom is 0.522 e. The zero-order valence-corrected chi connectivity index (χ0v) is 14.1. The largest absolute Gasteiger partial charge is 0.522 e. The first kappa shape index (κ1) is 17.9. The molecule has 2 aromatic rings. The van der Waals surface area contributed by atoms with Crippen LogP contribution in [0.4, 0.5) is 13.2 Å². The Kier molecular flexibility index (Phi) is 5.13. The van der Waals surface area contributed by atoms with Crippen LogP contribution in [0.15, 0.2) is 18.3 Å². The lowest BCUT2D eigenvalue weighted by Gasteiger charge is -2.24. The van der Waals surface area contributed by atoms with E-state index in [9.17, 15) is 18.0 Å². The molecule has 1 aliphatic rings. The van der Waals surface area contributed by atoms with Crippen molar-refractivity contribution in [1.82, 2.24) is 9.78 Å². The van der Waals surface area contributed by atoms with Crippen molar-refractivity contribution in [3.05, 3.63) is 29.5 Å². The topological polar surface area (TPSA) is 44.1 Å². The first-order valence-electron chi connectivity index (χ1n) is 8.54. The highest BCUT2D eigenvalue weighted by molar-refractivity contribution is 6.01. The van der Waals surface area contributed by atoms with E-state index in [1.165, 1.54) is 19.3 Å². The van der Waals surface area contributed by atoms with Gasteiger partial charge in [0.1, 0.15) is 0 Å². The highest BCUT2D eigenvalue weighted by atomic mass is 19.4. The molecule has 1 aromatic carbocycles. The van der Waals surface area contributed by atoms with Crippen molar-refractivity contribution in [2.45, 2.75) is 51.9 Å². The van der Waals surface area contributed by atoms with Crippen LogP contribution in [0.5, 0.6) is 0 Å². The lowest BCUT2D eigenvalue weighted by atomic mass is 9.85. The molecule has 0 saturated heterocycles. The normalized spacial score (nSPS) is 15.5. The number of carbonyl (C=O) groups excluding carboxylic acids is 1. The molecule has 0 aliphatic heterocycles. The van der Waals surface area contributed by atoms with Crippen LogP contribution in [-0.4, -0.2) is 28.5 Å². The SMILES string of the molecule is Cc1c(C(=O)CCCOC(F)(F)F)ccc2nn(CC3CCC3)cc12. The third kappa shape index (κ3) is 4.39. The Hall–Kier alpha value is -1.89. The molecular formula is C18H21F3N2O2. The van der Waals surface area contributed by atoms with E-state index in [0.29, 0.717) is 11.5 Å². The smallest absolute Gasteiger partial charge is 0.294 e. The van der Waals surface area contributed by atoms with Gasteiger partial charge in [0.25, 0.3) is 0 Å². The number of aromatic nitrogens is 2. The number of rotatable bonds is 7. The number of fused-ring (bicyclic) bond motifs is 1. The Balaban J connectivity index is 1.66. The number of ketones is 1. The second-order valence-corrected chi connectivity index (χ2v) is 6.64. The number of benzene rings is 1. The molecule has 1 aromatic heterocycles. The molecule has 1 heterocycles. The summed E-state index contributed by atoms with van der Waals surface area (Å²) in [5.74, 6) is 0.515. The van der Waals surface area contributed by atoms with E-state index >= 15 is 0 Å². The second kappa shape index (κ2) is 7.15. The number of alkyl halides is 3. The van der Waals surface area contributed by atoms with Gasteiger partial charge in [-0.3, -0.25) is 14.2 Å². The molecule has 0 radical (unpaired) electrons. The number of aryl methyl sites for hydroxylation is 1. The van der Waals surface area contributed by atoms with Gasteiger partial charge in [-0.15, -0.1) is 13.2 Å². The predicted octanol–water partition coefficient (Wildman–Crippen LogP) is 4.64. The summed E-state index contributed by atoms with van der Waals surface area (Å²) in [4.78, 5) is 12.3. The average molecular weight is 354 g/mol. The minimum Gasteiger partial charge on any atom is -0.294 e. The van der Waals surface area contributed by atoms with Crippen LogP contribution in [0, 0.1) is 12.8 Å². The van der Waals surface area contributed by atoms with E-state index in [1.54, 1.807) is 12.1 Å². The fourth-order valence-electron chi connectivity index (χ4n) is 3.17. The van der Waals surface area contributed by atoms with Crippen molar-refractivity contribution in [1.29, 1.82) is 0 Å². The molecule has 1 aliphatic carbocycles. The number of ether oxygens (including phenoxy) is 1. The van der Waals surface area contributed by atoms with Gasteiger partial charge in [-0.1, -0.05) is 6.42 Å². The third-order valence-electron chi connectivity index (χ3n) is 4.79. The first-order valence-corrected chi connectivity index (χ1v) is 8.54. The van der Waals surface area contributed by atoms with E-state index in [-0.39, 0.29) is 18.6 Å². The molecule has 3 rings (SSSR count). The molecule has 0 spiro atoms. The van der Waals surface area contributed by atoms with Crippen LogP contribution in [0.25, 0.3) is 10.9 Å². The molecule has 0 N–H and O–H groups in total. The molecule has 25 heavy (non-hydrogen) atoms. The zero-order valence-electron chi connectivity index (χ0n) is 14.1. The lowest BCUT2D eigenvalue weighted by molar-refractivity contribution is -0.324. The van der Waals surface area contributed by atoms with Gasteiger partial charge in [0, 0.05) is 30.1 Å². The molecule has 4 nitrogen and oxygen atoms in total. The highest BCUT2D eigenvalue weighted by Gasteiger charge is 2.28. The van der Waals surface area contributed by atoms with E-state index in [4.69, 9.17) is 0 Å². The Bertz CT molecular complexity index is 764. The third-order valence-corrected chi connectivity index (χ3v) is 4.79. The Morgan fingerprint density at radius 2 is 2.12 bits per heavy atom. The summed E-state index contributed by atoms with van der Waals surface area (Å²) in [5, 5.41) is 5.49. The molecule has 1 fully saturated rings. The molecule has 7 heteroatoms. The summed E-state index contributed by atoms with van der Waals surface area (Å²) in [6, 6.07) is 3.52. The lowest BCUT2D eigenvalue weighted by Crippen LogP contribution is -2.18. The van der Waals surface area contributed by atoms with Gasteiger partial charge < -0.3 is 0 Å². The van der Waals surface area contributed by atoms with Gasteiger partial charge in [-0.2, -0.15) is 5.10 Å². The van der Waals surface area contributed by atoms with Crippen LogP contribution in [0.2, 0.25) is 0 Å². The van der Waals surface area contributed by atoms with Gasteiger partial charge in [-0.25, -0.2) is 0 Å². The number of carbonyl (C=O) groups is 1. The van der Waals surface area contributed by atoms with Crippen LogP contribution in [-0.2, 0) is 11.3 Å². The molecular weight excluding hydrogens is 333 g/mol. The molecule has 0 bridgehead atoms. The Morgan fingerprint density at radius 3 is 2.76 bits per heavy atom. The van der Waals surface area contributed by atoms with E-state index in [0.717, 1.165) is 23.0 Å². The monoisotopic (exact) mass is 354 g/mol. The number of nitrogens with zero attached hydrogens (tertiary/aromatic N) is 2. The summed E-state index contributed by atoms with van der Waals surface area (Å²) in [6.45, 7) is 2.25.